The average molecular weight is 336 g/mol. The van der Waals surface area contributed by atoms with Gasteiger partial charge in [0, 0.05) is 25.3 Å². The van der Waals surface area contributed by atoms with E-state index >= 15 is 0 Å². The van der Waals surface area contributed by atoms with Crippen LogP contribution in [-0.2, 0) is 10.2 Å². The maximum atomic E-state index is 13.1. The molecule has 0 unspecified atom stereocenters. The van der Waals surface area contributed by atoms with E-state index < -0.39 is 5.41 Å². The van der Waals surface area contributed by atoms with E-state index in [2.05, 4.69) is 5.32 Å². The van der Waals surface area contributed by atoms with E-state index in [0.717, 1.165) is 36.9 Å². The fourth-order valence-electron chi connectivity index (χ4n) is 3.59. The van der Waals surface area contributed by atoms with Crippen LogP contribution in [0.5, 0.6) is 0 Å². The summed E-state index contributed by atoms with van der Waals surface area (Å²) in [6, 6.07) is 17.1. The lowest BCUT2D eigenvalue weighted by Gasteiger charge is -2.28. The zero-order chi connectivity index (χ0) is 17.9. The SMILES string of the molecule is CN(C)C(=O)c1ccc(NC(=O)C2(c3ccccc3)CCCC2)cc1. The first-order valence-corrected chi connectivity index (χ1v) is 8.72. The zero-order valence-corrected chi connectivity index (χ0v) is 14.8. The van der Waals surface area contributed by atoms with E-state index in [4.69, 9.17) is 0 Å². The standard InChI is InChI=1S/C21H24N2O2/c1-23(2)19(24)16-10-12-18(13-11-16)22-20(25)21(14-6-7-15-21)17-8-4-3-5-9-17/h3-5,8-13H,6-7,14-15H2,1-2H3,(H,22,25). The third-order valence-corrected chi connectivity index (χ3v) is 5.01. The molecule has 3 rings (SSSR count). The van der Waals surface area contributed by atoms with Gasteiger partial charge < -0.3 is 10.2 Å². The molecule has 0 aromatic heterocycles. The summed E-state index contributed by atoms with van der Waals surface area (Å²) >= 11 is 0. The van der Waals surface area contributed by atoms with Crippen LogP contribution in [0.15, 0.2) is 54.6 Å². The lowest BCUT2D eigenvalue weighted by atomic mass is 9.78. The summed E-state index contributed by atoms with van der Waals surface area (Å²) < 4.78 is 0. The number of nitrogens with one attached hydrogen (secondary N) is 1. The lowest BCUT2D eigenvalue weighted by molar-refractivity contribution is -0.121. The summed E-state index contributed by atoms with van der Waals surface area (Å²) in [4.78, 5) is 26.6. The fraction of sp³-hybridized carbons (Fsp3) is 0.333. The molecule has 0 radical (unpaired) electrons. The number of hydrogen-bond donors (Lipinski definition) is 1. The molecule has 0 bridgehead atoms. The Labute approximate surface area is 148 Å². The Morgan fingerprint density at radius 2 is 1.52 bits per heavy atom. The number of carbonyl (C=O) groups excluding carboxylic acids is 2. The minimum Gasteiger partial charge on any atom is -0.345 e. The second-order valence-corrected chi connectivity index (χ2v) is 6.89. The van der Waals surface area contributed by atoms with Crippen LogP contribution in [0.2, 0.25) is 0 Å². The van der Waals surface area contributed by atoms with E-state index in [0.29, 0.717) is 5.56 Å². The average Bonchev–Trinajstić information content (AvgIpc) is 3.13. The molecule has 0 spiro atoms. The summed E-state index contributed by atoms with van der Waals surface area (Å²) in [6.45, 7) is 0. The second-order valence-electron chi connectivity index (χ2n) is 6.89. The highest BCUT2D eigenvalue weighted by molar-refractivity contribution is 6.00. The largest absolute Gasteiger partial charge is 0.345 e. The van der Waals surface area contributed by atoms with Gasteiger partial charge in [-0.1, -0.05) is 43.2 Å². The van der Waals surface area contributed by atoms with Crippen molar-refractivity contribution in [3.8, 4) is 0 Å². The van der Waals surface area contributed by atoms with Gasteiger partial charge in [-0.25, -0.2) is 0 Å². The lowest BCUT2D eigenvalue weighted by Crippen LogP contribution is -2.37. The summed E-state index contributed by atoms with van der Waals surface area (Å²) in [5.41, 5.74) is 1.98. The molecule has 2 amide bonds. The van der Waals surface area contributed by atoms with Crippen molar-refractivity contribution in [1.29, 1.82) is 0 Å². The number of nitrogens with zero attached hydrogens (tertiary/aromatic N) is 1. The van der Waals surface area contributed by atoms with E-state index in [1.807, 2.05) is 30.3 Å². The van der Waals surface area contributed by atoms with Gasteiger partial charge >= 0.3 is 0 Å². The molecular weight excluding hydrogens is 312 g/mol. The van der Waals surface area contributed by atoms with E-state index in [1.165, 1.54) is 4.90 Å². The van der Waals surface area contributed by atoms with Crippen molar-refractivity contribution in [3.63, 3.8) is 0 Å². The molecule has 1 fully saturated rings. The molecule has 2 aromatic rings. The normalized spacial score (nSPS) is 15.6. The molecule has 4 heteroatoms. The van der Waals surface area contributed by atoms with Crippen LogP contribution in [-0.4, -0.2) is 30.8 Å². The third kappa shape index (κ3) is 3.43. The predicted molar refractivity (Wildman–Crippen MR) is 99.7 cm³/mol. The second kappa shape index (κ2) is 7.09. The Morgan fingerprint density at radius 3 is 2.08 bits per heavy atom. The summed E-state index contributed by atoms with van der Waals surface area (Å²) in [6.07, 6.45) is 3.89. The highest BCUT2D eigenvalue weighted by Crippen LogP contribution is 2.42. The van der Waals surface area contributed by atoms with Gasteiger partial charge in [-0.15, -0.1) is 0 Å². The predicted octanol–water partition coefficient (Wildman–Crippen LogP) is 3.84. The third-order valence-electron chi connectivity index (χ3n) is 5.01. The fourth-order valence-corrected chi connectivity index (χ4v) is 3.59. The van der Waals surface area contributed by atoms with E-state index in [-0.39, 0.29) is 11.8 Å². The summed E-state index contributed by atoms with van der Waals surface area (Å²) in [5, 5.41) is 3.05. The molecule has 2 aromatic carbocycles. The molecule has 130 valence electrons. The highest BCUT2D eigenvalue weighted by Gasteiger charge is 2.42. The molecular formula is C21H24N2O2. The topological polar surface area (TPSA) is 49.4 Å². The van der Waals surface area contributed by atoms with Crippen molar-refractivity contribution in [2.24, 2.45) is 0 Å². The van der Waals surface area contributed by atoms with Crippen molar-refractivity contribution < 1.29 is 9.59 Å². The van der Waals surface area contributed by atoms with Crippen LogP contribution in [0.4, 0.5) is 5.69 Å². The highest BCUT2D eigenvalue weighted by atomic mass is 16.2. The van der Waals surface area contributed by atoms with Crippen LogP contribution in [0.3, 0.4) is 0 Å². The summed E-state index contributed by atoms with van der Waals surface area (Å²) in [5.74, 6) is -0.00249. The Morgan fingerprint density at radius 1 is 0.920 bits per heavy atom. The minimum atomic E-state index is -0.445. The maximum absolute atomic E-state index is 13.1. The smallest absolute Gasteiger partial charge is 0.253 e. The molecule has 0 atom stereocenters. The van der Waals surface area contributed by atoms with Crippen molar-refractivity contribution in [1.82, 2.24) is 4.90 Å². The van der Waals surface area contributed by atoms with Gasteiger partial charge in [-0.05, 0) is 42.7 Å². The van der Waals surface area contributed by atoms with Gasteiger partial charge in [-0.2, -0.15) is 0 Å². The molecule has 0 heterocycles. The Hall–Kier alpha value is -2.62. The van der Waals surface area contributed by atoms with Gasteiger partial charge in [0.2, 0.25) is 5.91 Å². The monoisotopic (exact) mass is 336 g/mol. The van der Waals surface area contributed by atoms with Crippen molar-refractivity contribution >= 4 is 17.5 Å². The van der Waals surface area contributed by atoms with Gasteiger partial charge in [0.15, 0.2) is 0 Å². The van der Waals surface area contributed by atoms with Crippen LogP contribution >= 0.6 is 0 Å². The Kier molecular flexibility index (Phi) is 4.88. The van der Waals surface area contributed by atoms with E-state index in [1.54, 1.807) is 38.4 Å². The number of hydrogen-bond acceptors (Lipinski definition) is 2. The van der Waals surface area contributed by atoms with Crippen LogP contribution in [0.25, 0.3) is 0 Å². The van der Waals surface area contributed by atoms with Crippen LogP contribution in [0, 0.1) is 0 Å². The minimum absolute atomic E-state index is 0.0443. The summed E-state index contributed by atoms with van der Waals surface area (Å²) in [7, 11) is 3.45. The molecule has 1 aliphatic rings. The van der Waals surface area contributed by atoms with Gasteiger partial charge in [0.25, 0.3) is 5.91 Å². The first-order valence-electron chi connectivity index (χ1n) is 8.72. The van der Waals surface area contributed by atoms with Gasteiger partial charge in [0.05, 0.1) is 5.41 Å². The van der Waals surface area contributed by atoms with Crippen molar-refractivity contribution in [2.45, 2.75) is 31.1 Å². The molecule has 1 aliphatic carbocycles. The van der Waals surface area contributed by atoms with Crippen molar-refractivity contribution in [2.75, 3.05) is 19.4 Å². The zero-order valence-electron chi connectivity index (χ0n) is 14.8. The number of benzene rings is 2. The molecule has 1 N–H and O–H groups in total. The number of rotatable bonds is 4. The quantitative estimate of drug-likeness (QED) is 0.922. The molecule has 25 heavy (non-hydrogen) atoms. The first-order chi connectivity index (χ1) is 12.0. The van der Waals surface area contributed by atoms with Crippen LogP contribution < -0.4 is 5.32 Å². The van der Waals surface area contributed by atoms with Crippen LogP contribution in [0.1, 0.15) is 41.6 Å². The Bertz CT molecular complexity index is 745. The molecule has 0 saturated heterocycles. The van der Waals surface area contributed by atoms with E-state index in [9.17, 15) is 9.59 Å². The molecule has 0 aliphatic heterocycles. The number of anilines is 1. The van der Waals surface area contributed by atoms with Gasteiger partial charge in [0.1, 0.15) is 0 Å². The first kappa shape index (κ1) is 17.2. The van der Waals surface area contributed by atoms with Gasteiger partial charge in [-0.3, -0.25) is 9.59 Å². The number of amides is 2. The molecule has 4 nitrogen and oxygen atoms in total. The molecule has 1 saturated carbocycles. The number of carbonyl (C=O) groups is 2. The van der Waals surface area contributed by atoms with Crippen molar-refractivity contribution in [3.05, 3.63) is 65.7 Å². The maximum Gasteiger partial charge on any atom is 0.253 e. The Balaban J connectivity index is 1.80.